The topological polar surface area (TPSA) is 42.4 Å². The highest BCUT2D eigenvalue weighted by Gasteiger charge is 2.36. The molecule has 1 fully saturated rings. The maximum absolute atomic E-state index is 12.6. The van der Waals surface area contributed by atoms with Gasteiger partial charge in [0, 0.05) is 40.9 Å². The monoisotopic (exact) mass is 450 g/mol. The van der Waals surface area contributed by atoms with E-state index in [9.17, 15) is 4.79 Å². The Labute approximate surface area is 174 Å². The third-order valence-electron chi connectivity index (χ3n) is 4.74. The summed E-state index contributed by atoms with van der Waals surface area (Å²) in [5.74, 6) is 0.326. The molecule has 1 saturated heterocycles. The van der Waals surface area contributed by atoms with Crippen LogP contribution in [0.4, 0.5) is 4.79 Å². The summed E-state index contributed by atoms with van der Waals surface area (Å²) >= 11 is 10.0. The molecule has 1 aromatic heterocycles. The third kappa shape index (κ3) is 5.02. The van der Waals surface area contributed by atoms with Crippen molar-refractivity contribution in [3.8, 4) is 0 Å². The van der Waals surface area contributed by atoms with Gasteiger partial charge in [0.25, 0.3) is 0 Å². The molecule has 2 atom stereocenters. The number of pyridine rings is 1. The predicted octanol–water partition coefficient (Wildman–Crippen LogP) is 6.01. The van der Waals surface area contributed by atoms with E-state index in [1.54, 1.807) is 11.1 Å². The molecule has 0 bridgehead atoms. The van der Waals surface area contributed by atoms with E-state index in [0.29, 0.717) is 18.1 Å². The van der Waals surface area contributed by atoms with E-state index in [0.717, 1.165) is 16.5 Å². The van der Waals surface area contributed by atoms with Gasteiger partial charge in [-0.1, -0.05) is 39.7 Å². The quantitative estimate of drug-likeness (QED) is 0.562. The van der Waals surface area contributed by atoms with Gasteiger partial charge in [-0.15, -0.1) is 0 Å². The molecule has 0 unspecified atom stereocenters. The Bertz CT molecular complexity index is 808. The zero-order valence-corrected chi connectivity index (χ0v) is 18.1. The molecule has 1 aliphatic heterocycles. The first kappa shape index (κ1) is 20.2. The Morgan fingerprint density at radius 3 is 2.70 bits per heavy atom. The highest BCUT2D eigenvalue weighted by atomic mass is 79.9. The number of aromatic nitrogens is 1. The molecule has 4 nitrogen and oxygen atoms in total. The first-order valence-corrected chi connectivity index (χ1v) is 10.2. The average molecular weight is 452 g/mol. The first-order valence-electron chi connectivity index (χ1n) is 9.07. The minimum absolute atomic E-state index is 0.0797. The second-order valence-corrected chi connectivity index (χ2v) is 9.20. The van der Waals surface area contributed by atoms with Gasteiger partial charge in [0.15, 0.2) is 0 Å². The van der Waals surface area contributed by atoms with E-state index >= 15 is 0 Å². The zero-order chi connectivity index (χ0) is 19.6. The second kappa shape index (κ2) is 8.19. The number of rotatable bonds is 2. The van der Waals surface area contributed by atoms with Crippen molar-refractivity contribution in [2.24, 2.45) is 0 Å². The van der Waals surface area contributed by atoms with Gasteiger partial charge in [0.05, 0.1) is 0 Å². The number of carbonyl (C=O) groups excluding carboxylic acids is 1. The van der Waals surface area contributed by atoms with Gasteiger partial charge in [-0.25, -0.2) is 4.79 Å². The number of hydrogen-bond acceptors (Lipinski definition) is 3. The number of piperidine rings is 1. The van der Waals surface area contributed by atoms with Crippen LogP contribution in [0.2, 0.25) is 5.02 Å². The van der Waals surface area contributed by atoms with Crippen LogP contribution in [-0.4, -0.2) is 34.7 Å². The summed E-state index contributed by atoms with van der Waals surface area (Å²) in [7, 11) is 0. The van der Waals surface area contributed by atoms with Crippen molar-refractivity contribution >= 4 is 33.6 Å². The molecule has 0 aliphatic carbocycles. The number of nitrogens with zero attached hydrogens (tertiary/aromatic N) is 2. The predicted molar refractivity (Wildman–Crippen MR) is 111 cm³/mol. The Hall–Kier alpha value is -1.59. The smallest absolute Gasteiger partial charge is 0.410 e. The maximum Gasteiger partial charge on any atom is 0.410 e. The first-order chi connectivity index (χ1) is 12.7. The average Bonchev–Trinajstić information content (AvgIpc) is 2.60. The number of benzene rings is 1. The van der Waals surface area contributed by atoms with E-state index in [4.69, 9.17) is 16.3 Å². The molecular weight excluding hydrogens is 428 g/mol. The van der Waals surface area contributed by atoms with Crippen molar-refractivity contribution < 1.29 is 9.53 Å². The van der Waals surface area contributed by atoms with Gasteiger partial charge in [-0.2, -0.15) is 0 Å². The van der Waals surface area contributed by atoms with E-state index in [-0.39, 0.29) is 17.9 Å². The summed E-state index contributed by atoms with van der Waals surface area (Å²) in [6.45, 7) is 6.87. The van der Waals surface area contributed by atoms with E-state index in [1.807, 2.05) is 51.2 Å². The largest absolute Gasteiger partial charge is 0.444 e. The minimum Gasteiger partial charge on any atom is -0.444 e. The van der Waals surface area contributed by atoms with Crippen LogP contribution in [0.5, 0.6) is 0 Å². The summed E-state index contributed by atoms with van der Waals surface area (Å²) in [5.41, 5.74) is 1.70. The lowest BCUT2D eigenvalue weighted by Crippen LogP contribution is -2.44. The molecule has 1 aromatic carbocycles. The van der Waals surface area contributed by atoms with Gasteiger partial charge < -0.3 is 9.64 Å². The van der Waals surface area contributed by atoms with Crippen molar-refractivity contribution in [3.63, 3.8) is 0 Å². The Morgan fingerprint density at radius 1 is 1.30 bits per heavy atom. The molecule has 0 saturated carbocycles. The second-order valence-electron chi connectivity index (χ2n) is 7.88. The number of hydrogen-bond donors (Lipinski definition) is 0. The van der Waals surface area contributed by atoms with Crippen LogP contribution in [0, 0.1) is 0 Å². The van der Waals surface area contributed by atoms with Crippen molar-refractivity contribution in [2.75, 3.05) is 13.1 Å². The van der Waals surface area contributed by atoms with Crippen LogP contribution in [0.1, 0.15) is 50.2 Å². The standard InChI is InChI=1S/C21H24BrClN2O2/c1-21(2,3)27-20(26)25-10-8-16(14-5-4-9-24-12-14)18(13-25)17-7-6-15(22)11-19(17)23/h4-7,9,11-12,16,18H,8,10,13H2,1-3H3/t16-,18+/m1/s1. The molecule has 0 N–H and O–H groups in total. The molecule has 2 heterocycles. The number of ether oxygens (including phenoxy) is 1. The van der Waals surface area contributed by atoms with Crippen LogP contribution in [0.15, 0.2) is 47.2 Å². The number of likely N-dealkylation sites (tertiary alicyclic amines) is 1. The van der Waals surface area contributed by atoms with E-state index in [1.165, 1.54) is 5.56 Å². The SMILES string of the molecule is CC(C)(C)OC(=O)N1CC[C@H](c2cccnc2)[C@@H](c2ccc(Br)cc2Cl)C1. The van der Waals surface area contributed by atoms with Crippen molar-refractivity contribution in [1.82, 2.24) is 9.88 Å². The molecule has 27 heavy (non-hydrogen) atoms. The summed E-state index contributed by atoms with van der Waals surface area (Å²) in [5, 5.41) is 0.703. The maximum atomic E-state index is 12.6. The Kier molecular flexibility index (Phi) is 6.11. The van der Waals surface area contributed by atoms with Gasteiger partial charge in [0.1, 0.15) is 5.60 Å². The normalized spacial score (nSPS) is 20.4. The fourth-order valence-electron chi connectivity index (χ4n) is 3.56. The minimum atomic E-state index is -0.512. The van der Waals surface area contributed by atoms with Gasteiger partial charge >= 0.3 is 6.09 Å². The summed E-state index contributed by atoms with van der Waals surface area (Å²) in [6, 6.07) is 9.99. The molecule has 2 aromatic rings. The molecule has 0 spiro atoms. The van der Waals surface area contributed by atoms with Gasteiger partial charge in [0.2, 0.25) is 0 Å². The summed E-state index contributed by atoms with van der Waals surface area (Å²) < 4.78 is 6.52. The molecule has 1 amide bonds. The molecule has 6 heteroatoms. The highest BCUT2D eigenvalue weighted by molar-refractivity contribution is 9.10. The zero-order valence-electron chi connectivity index (χ0n) is 15.8. The molecule has 0 radical (unpaired) electrons. The van der Waals surface area contributed by atoms with Crippen LogP contribution >= 0.6 is 27.5 Å². The summed E-state index contributed by atoms with van der Waals surface area (Å²) in [4.78, 5) is 18.7. The number of amides is 1. The molecule has 1 aliphatic rings. The van der Waals surface area contributed by atoms with Crippen molar-refractivity contribution in [2.45, 2.75) is 44.6 Å². The van der Waals surface area contributed by atoms with Crippen LogP contribution in [0.3, 0.4) is 0 Å². The lowest BCUT2D eigenvalue weighted by Gasteiger charge is -2.39. The molecule has 3 rings (SSSR count). The Balaban J connectivity index is 1.92. The Morgan fingerprint density at radius 2 is 2.07 bits per heavy atom. The van der Waals surface area contributed by atoms with E-state index < -0.39 is 5.60 Å². The fourth-order valence-corrected chi connectivity index (χ4v) is 4.37. The van der Waals surface area contributed by atoms with Crippen LogP contribution in [0.25, 0.3) is 0 Å². The summed E-state index contributed by atoms with van der Waals surface area (Å²) in [6.07, 6.45) is 4.25. The fraction of sp³-hybridized carbons (Fsp3) is 0.429. The van der Waals surface area contributed by atoms with Gasteiger partial charge in [-0.3, -0.25) is 4.98 Å². The molecule has 144 valence electrons. The lowest BCUT2D eigenvalue weighted by molar-refractivity contribution is 0.0184. The highest BCUT2D eigenvalue weighted by Crippen LogP contribution is 2.42. The lowest BCUT2D eigenvalue weighted by atomic mass is 9.77. The van der Waals surface area contributed by atoms with E-state index in [2.05, 4.69) is 27.0 Å². The van der Waals surface area contributed by atoms with Gasteiger partial charge in [-0.05, 0) is 62.4 Å². The van der Waals surface area contributed by atoms with Crippen molar-refractivity contribution in [3.05, 3.63) is 63.3 Å². The molecular formula is C21H24BrClN2O2. The van der Waals surface area contributed by atoms with Crippen LogP contribution < -0.4 is 0 Å². The van der Waals surface area contributed by atoms with Crippen LogP contribution in [-0.2, 0) is 4.74 Å². The number of carbonyl (C=O) groups is 1. The van der Waals surface area contributed by atoms with Crippen molar-refractivity contribution in [1.29, 1.82) is 0 Å². The number of halogens is 2. The third-order valence-corrected chi connectivity index (χ3v) is 5.56.